The second-order valence-corrected chi connectivity index (χ2v) is 4.05. The molecular weight excluding hydrogens is 248 g/mol. The minimum absolute atomic E-state index is 1.28. The molecule has 0 bridgehead atoms. The van der Waals surface area contributed by atoms with E-state index >= 15 is 0 Å². The van der Waals surface area contributed by atoms with Crippen molar-refractivity contribution in [2.75, 3.05) is 14.2 Å². The molecule has 0 aliphatic carbocycles. The van der Waals surface area contributed by atoms with Crippen molar-refractivity contribution in [2.45, 2.75) is 37.6 Å². The van der Waals surface area contributed by atoms with E-state index in [-0.39, 0.29) is 0 Å². The fourth-order valence-electron chi connectivity index (χ4n) is 1.65. The van der Waals surface area contributed by atoms with Gasteiger partial charge in [0.15, 0.2) is 12.2 Å². The smallest absolute Gasteiger partial charge is 0.336 e. The van der Waals surface area contributed by atoms with Crippen LogP contribution in [0.1, 0.15) is 13.8 Å². The van der Waals surface area contributed by atoms with Gasteiger partial charge in [0.2, 0.25) is 11.6 Å². The highest BCUT2D eigenvalue weighted by Crippen LogP contribution is 2.39. The number of ether oxygens (including phenoxy) is 4. The van der Waals surface area contributed by atoms with E-state index in [0.29, 0.717) is 0 Å². The van der Waals surface area contributed by atoms with E-state index in [1.807, 2.05) is 0 Å². The van der Waals surface area contributed by atoms with Gasteiger partial charge in [-0.3, -0.25) is 0 Å². The van der Waals surface area contributed by atoms with Crippen LogP contribution < -0.4 is 0 Å². The molecule has 0 spiro atoms. The molecule has 0 aromatic carbocycles. The van der Waals surface area contributed by atoms with Gasteiger partial charge < -0.3 is 29.2 Å². The number of methoxy groups -OCH3 is 2. The van der Waals surface area contributed by atoms with Crippen molar-refractivity contribution in [1.29, 1.82) is 0 Å². The minimum atomic E-state index is -1.68. The van der Waals surface area contributed by atoms with Crippen molar-refractivity contribution in [3.63, 3.8) is 0 Å². The number of rotatable bonds is 4. The van der Waals surface area contributed by atoms with E-state index < -0.39 is 35.7 Å². The first-order valence-corrected chi connectivity index (χ1v) is 5.12. The van der Waals surface area contributed by atoms with Gasteiger partial charge >= 0.3 is 11.9 Å². The Kier molecular flexibility index (Phi) is 3.96. The summed E-state index contributed by atoms with van der Waals surface area (Å²) in [4.78, 5) is 22.0. The molecule has 0 saturated carbocycles. The Morgan fingerprint density at radius 2 is 1.22 bits per heavy atom. The van der Waals surface area contributed by atoms with Gasteiger partial charge in [-0.1, -0.05) is 0 Å². The largest absolute Gasteiger partial charge is 0.479 e. The number of carboxylic acids is 2. The summed E-state index contributed by atoms with van der Waals surface area (Å²) in [5, 5.41) is 17.9. The summed E-state index contributed by atoms with van der Waals surface area (Å²) in [6, 6.07) is 0. The molecule has 8 heteroatoms. The van der Waals surface area contributed by atoms with Crippen molar-refractivity contribution < 1.29 is 38.7 Å². The van der Waals surface area contributed by atoms with Gasteiger partial charge in [0.1, 0.15) is 0 Å². The quantitative estimate of drug-likeness (QED) is 0.709. The van der Waals surface area contributed by atoms with Crippen molar-refractivity contribution in [2.24, 2.45) is 0 Å². The number of hydrogen-bond donors (Lipinski definition) is 2. The van der Waals surface area contributed by atoms with Crippen molar-refractivity contribution in [3.8, 4) is 0 Å². The maximum atomic E-state index is 11.0. The molecule has 4 atom stereocenters. The molecule has 1 saturated heterocycles. The van der Waals surface area contributed by atoms with Gasteiger partial charge in [0, 0.05) is 14.2 Å². The molecule has 1 aliphatic rings. The third kappa shape index (κ3) is 2.19. The fraction of sp³-hybridized carbons (Fsp3) is 0.800. The zero-order valence-electron chi connectivity index (χ0n) is 10.5. The minimum Gasteiger partial charge on any atom is -0.479 e. The molecule has 1 heterocycles. The van der Waals surface area contributed by atoms with E-state index in [9.17, 15) is 9.59 Å². The molecule has 0 amide bonds. The summed E-state index contributed by atoms with van der Waals surface area (Å²) >= 11 is 0. The lowest BCUT2D eigenvalue weighted by Gasteiger charge is -2.49. The number of hydrogen-bond acceptors (Lipinski definition) is 6. The Morgan fingerprint density at radius 1 is 0.944 bits per heavy atom. The molecule has 18 heavy (non-hydrogen) atoms. The molecule has 2 N–H and O–H groups in total. The summed E-state index contributed by atoms with van der Waals surface area (Å²) in [6.45, 7) is 2.81. The zero-order valence-corrected chi connectivity index (χ0v) is 10.5. The maximum Gasteiger partial charge on any atom is 0.336 e. The lowest BCUT2D eigenvalue weighted by Crippen LogP contribution is -2.67. The highest BCUT2D eigenvalue weighted by molar-refractivity contribution is 5.84. The van der Waals surface area contributed by atoms with Crippen LogP contribution in [0.5, 0.6) is 0 Å². The van der Waals surface area contributed by atoms with Crippen LogP contribution in [0, 0.1) is 0 Å². The normalized spacial score (nSPS) is 40.4. The summed E-state index contributed by atoms with van der Waals surface area (Å²) in [5.74, 6) is -6.00. The van der Waals surface area contributed by atoms with Crippen molar-refractivity contribution >= 4 is 11.9 Å². The molecule has 8 nitrogen and oxygen atoms in total. The summed E-state index contributed by atoms with van der Waals surface area (Å²) in [6.07, 6.45) is -3.37. The first kappa shape index (κ1) is 14.8. The maximum absolute atomic E-state index is 11.0. The Bertz CT molecular complexity index is 322. The van der Waals surface area contributed by atoms with Crippen LogP contribution in [-0.4, -0.2) is 60.2 Å². The van der Waals surface area contributed by atoms with Crippen molar-refractivity contribution in [1.82, 2.24) is 0 Å². The average Bonchev–Trinajstić information content (AvgIpc) is 2.31. The fourth-order valence-corrected chi connectivity index (χ4v) is 1.65. The van der Waals surface area contributed by atoms with Gasteiger partial charge in [-0.2, -0.15) is 0 Å². The molecule has 1 fully saturated rings. The topological polar surface area (TPSA) is 112 Å². The van der Waals surface area contributed by atoms with Crippen LogP contribution in [0.4, 0.5) is 0 Å². The third-order valence-electron chi connectivity index (χ3n) is 3.07. The van der Waals surface area contributed by atoms with Crippen LogP contribution in [0.25, 0.3) is 0 Å². The van der Waals surface area contributed by atoms with Crippen LogP contribution in [0.3, 0.4) is 0 Å². The van der Waals surface area contributed by atoms with Gasteiger partial charge in [0.25, 0.3) is 0 Å². The second-order valence-electron chi connectivity index (χ2n) is 4.05. The lowest BCUT2D eigenvalue weighted by molar-refractivity contribution is -0.438. The summed E-state index contributed by atoms with van der Waals surface area (Å²) < 4.78 is 20.6. The summed E-state index contributed by atoms with van der Waals surface area (Å²) in [5.41, 5.74) is 0. The monoisotopic (exact) mass is 264 g/mol. The van der Waals surface area contributed by atoms with Gasteiger partial charge in [0.05, 0.1) is 0 Å². The lowest BCUT2D eigenvalue weighted by atomic mass is 10.0. The molecule has 1 rings (SSSR count). The average molecular weight is 264 g/mol. The number of carboxylic acid groups (broad SMARTS) is 2. The molecular formula is C10H16O8. The Morgan fingerprint density at radius 3 is 1.39 bits per heavy atom. The van der Waals surface area contributed by atoms with Crippen LogP contribution in [0.2, 0.25) is 0 Å². The van der Waals surface area contributed by atoms with E-state index in [0.717, 1.165) is 0 Å². The predicted molar refractivity (Wildman–Crippen MR) is 55.8 cm³/mol. The second kappa shape index (κ2) is 4.81. The first-order chi connectivity index (χ1) is 8.20. The highest BCUT2D eigenvalue weighted by atomic mass is 16.8. The van der Waals surface area contributed by atoms with E-state index in [1.54, 1.807) is 0 Å². The summed E-state index contributed by atoms with van der Waals surface area (Å²) in [7, 11) is 2.56. The van der Waals surface area contributed by atoms with Crippen LogP contribution >= 0.6 is 0 Å². The Hall–Kier alpha value is -1.22. The molecule has 0 aromatic rings. The van der Waals surface area contributed by atoms with E-state index in [2.05, 4.69) is 0 Å². The zero-order chi connectivity index (χ0) is 14.1. The third-order valence-corrected chi connectivity index (χ3v) is 3.07. The Balaban J connectivity index is 3.16. The highest BCUT2D eigenvalue weighted by Gasteiger charge is 2.60. The van der Waals surface area contributed by atoms with Crippen molar-refractivity contribution in [3.05, 3.63) is 0 Å². The molecule has 0 unspecified atom stereocenters. The first-order valence-electron chi connectivity index (χ1n) is 5.12. The van der Waals surface area contributed by atoms with Crippen LogP contribution in [-0.2, 0) is 28.5 Å². The predicted octanol–water partition coefficient (Wildman–Crippen LogP) is -0.335. The Labute approximate surface area is 103 Å². The van der Waals surface area contributed by atoms with Crippen LogP contribution in [0.15, 0.2) is 0 Å². The SMILES string of the molecule is CO[C@]1(C)O[C@@H](C(=O)O)[C@H](C(=O)O)O[C@@]1(C)OC. The molecule has 0 aromatic heterocycles. The standard InChI is InChI=1S/C10H16O8/c1-9(15-3)10(2,16-4)18-6(8(13)14)5(17-9)7(11)12/h5-6H,1-4H3,(H,11,12)(H,13,14)/t5-,6-,9-,10-/m1/s1. The number of aliphatic carboxylic acids is 2. The molecule has 0 radical (unpaired) electrons. The molecule has 1 aliphatic heterocycles. The number of carbonyl (C=O) groups is 2. The van der Waals surface area contributed by atoms with Gasteiger partial charge in [-0.05, 0) is 13.8 Å². The van der Waals surface area contributed by atoms with E-state index in [4.69, 9.17) is 29.2 Å². The van der Waals surface area contributed by atoms with E-state index in [1.165, 1.54) is 28.1 Å². The van der Waals surface area contributed by atoms with Gasteiger partial charge in [-0.15, -0.1) is 0 Å². The molecule has 104 valence electrons. The van der Waals surface area contributed by atoms with Gasteiger partial charge in [-0.25, -0.2) is 9.59 Å².